The van der Waals surface area contributed by atoms with Gasteiger partial charge < -0.3 is 52.5 Å². The van der Waals surface area contributed by atoms with Crippen molar-refractivity contribution in [3.05, 3.63) is 251 Å². The zero-order valence-electron chi connectivity index (χ0n) is 41.0. The highest BCUT2D eigenvalue weighted by atomic mass is 16.7. The van der Waals surface area contributed by atoms with Crippen LogP contribution in [-0.2, 0) is 73.8 Å². The van der Waals surface area contributed by atoms with Crippen LogP contribution in [0.25, 0.3) is 0 Å². The Morgan fingerprint density at radius 2 is 0.693 bits per heavy atom. The van der Waals surface area contributed by atoms with Crippen LogP contribution < -0.4 is 0 Å². The molecule has 2 aliphatic heterocycles. The molecular weight excluding hydrogens is 957 g/mol. The molecule has 14 heteroatoms. The Labute approximate surface area is 435 Å². The summed E-state index contributed by atoms with van der Waals surface area (Å²) in [4.78, 5) is 41.9. The summed E-state index contributed by atoms with van der Waals surface area (Å²) < 4.78 is 65.2. The lowest BCUT2D eigenvalue weighted by molar-refractivity contribution is -0.342. The van der Waals surface area contributed by atoms with Gasteiger partial charge in [0.25, 0.3) is 0 Å². The second-order valence-electron chi connectivity index (χ2n) is 17.9. The van der Waals surface area contributed by atoms with Crippen LogP contribution in [0, 0.1) is 0 Å². The van der Waals surface area contributed by atoms with Crippen molar-refractivity contribution in [2.75, 3.05) is 13.2 Å². The van der Waals surface area contributed by atoms with E-state index in [1.165, 1.54) is 24.3 Å². The predicted molar refractivity (Wildman–Crippen MR) is 274 cm³/mol. The van der Waals surface area contributed by atoms with Crippen molar-refractivity contribution in [1.82, 2.24) is 0 Å². The highest BCUT2D eigenvalue weighted by Gasteiger charge is 2.54. The zero-order valence-corrected chi connectivity index (χ0v) is 41.0. The van der Waals surface area contributed by atoms with Gasteiger partial charge in [0, 0.05) is 0 Å². The molecule has 2 fully saturated rings. The monoisotopic (exact) mass is 1010 g/mol. The molecule has 2 aliphatic rings. The molecule has 14 nitrogen and oxygen atoms in total. The fourth-order valence-electron chi connectivity index (χ4n) is 8.80. The van der Waals surface area contributed by atoms with E-state index in [0.29, 0.717) is 0 Å². The molecule has 0 spiro atoms. The fraction of sp³-hybridized carbons (Fsp3) is 0.262. The van der Waals surface area contributed by atoms with Crippen molar-refractivity contribution in [3.63, 3.8) is 0 Å². The Morgan fingerprint density at radius 1 is 0.347 bits per heavy atom. The first-order valence-corrected chi connectivity index (χ1v) is 24.8. The van der Waals surface area contributed by atoms with Crippen LogP contribution >= 0.6 is 0 Å². The van der Waals surface area contributed by atoms with Gasteiger partial charge in [-0.1, -0.05) is 176 Å². The lowest BCUT2D eigenvalue weighted by atomic mass is 9.96. The summed E-state index contributed by atoms with van der Waals surface area (Å²) in [6.07, 6.45) is -13.0. The lowest BCUT2D eigenvalue weighted by Gasteiger charge is -2.47. The maximum absolute atomic E-state index is 14.1. The van der Waals surface area contributed by atoms with Crippen LogP contribution in [0.3, 0.4) is 0 Å². The number of ether oxygens (including phenoxy) is 10. The first kappa shape index (κ1) is 52.5. The molecule has 7 aromatic carbocycles. The molecule has 2 saturated heterocycles. The van der Waals surface area contributed by atoms with Crippen LogP contribution in [-0.4, -0.2) is 97.6 Å². The molecule has 0 bridgehead atoms. The largest absolute Gasteiger partial charge is 0.452 e. The summed E-state index contributed by atoms with van der Waals surface area (Å²) in [5.74, 6) is -2.52. The maximum Gasteiger partial charge on any atom is 0.338 e. The number of benzene rings is 7. The minimum absolute atomic E-state index is 0.0345. The molecule has 75 heavy (non-hydrogen) atoms. The zero-order chi connectivity index (χ0) is 51.6. The van der Waals surface area contributed by atoms with Gasteiger partial charge in [0.05, 0.1) is 56.3 Å². The summed E-state index contributed by atoms with van der Waals surface area (Å²) in [6.45, 7) is 0.321. The van der Waals surface area contributed by atoms with E-state index >= 15 is 0 Å². The van der Waals surface area contributed by atoms with E-state index in [9.17, 15) is 19.5 Å². The van der Waals surface area contributed by atoms with Crippen LogP contribution in [0.2, 0.25) is 0 Å². The number of aliphatic hydroxyl groups excluding tert-OH is 1. The van der Waals surface area contributed by atoms with Gasteiger partial charge >= 0.3 is 17.9 Å². The van der Waals surface area contributed by atoms with E-state index in [1.807, 2.05) is 121 Å². The highest BCUT2D eigenvalue weighted by Crippen LogP contribution is 2.35. The van der Waals surface area contributed by atoms with Crippen molar-refractivity contribution in [3.8, 4) is 0 Å². The maximum atomic E-state index is 14.1. The molecular formula is C61H58O14. The molecule has 0 saturated carbocycles. The van der Waals surface area contributed by atoms with Gasteiger partial charge in [0.1, 0.15) is 30.5 Å². The summed E-state index contributed by atoms with van der Waals surface area (Å²) in [5.41, 5.74) is 4.08. The van der Waals surface area contributed by atoms with Crippen LogP contribution in [0.4, 0.5) is 0 Å². The fourth-order valence-corrected chi connectivity index (χ4v) is 8.80. The van der Waals surface area contributed by atoms with Gasteiger partial charge in [0.15, 0.2) is 30.9 Å². The number of hydrogen-bond donors (Lipinski definition) is 1. The first-order valence-electron chi connectivity index (χ1n) is 24.8. The Kier molecular flexibility index (Phi) is 18.7. The highest BCUT2D eigenvalue weighted by molar-refractivity contribution is 5.91. The minimum atomic E-state index is -1.93. The predicted octanol–water partition coefficient (Wildman–Crippen LogP) is 9.09. The molecule has 0 aromatic heterocycles. The number of aliphatic hydroxyl groups is 1. The molecule has 0 radical (unpaired) electrons. The van der Waals surface area contributed by atoms with Crippen LogP contribution in [0.15, 0.2) is 212 Å². The molecule has 0 aliphatic carbocycles. The minimum Gasteiger partial charge on any atom is -0.452 e. The SMILES string of the molecule is O=C(O[C@@H]1[C@H](OC(=O)c2ccccc2)[C@@H](O)O[C@H](COC2O[C@H](COCc3ccccc3)[C@@H](OCc3ccccc3)[C@H](OCc3ccccc3)[C@H]2OCc2ccccc2)[C@H]1OC(=O)c1ccccc1)c1ccccc1. The number of rotatable bonds is 22. The number of carbonyl (C=O) groups excluding carboxylic acids is 3. The van der Waals surface area contributed by atoms with E-state index in [2.05, 4.69) is 0 Å². The van der Waals surface area contributed by atoms with Gasteiger partial charge in [-0.15, -0.1) is 0 Å². The topological polar surface area (TPSA) is 164 Å². The molecule has 1 unspecified atom stereocenters. The average molecular weight is 1020 g/mol. The normalized spacial score (nSPS) is 23.4. The van der Waals surface area contributed by atoms with Crippen molar-refractivity contribution < 1.29 is 66.9 Å². The van der Waals surface area contributed by atoms with E-state index in [0.717, 1.165) is 22.3 Å². The molecule has 10 atom stereocenters. The molecule has 9 rings (SSSR count). The number of hydrogen-bond acceptors (Lipinski definition) is 14. The summed E-state index contributed by atoms with van der Waals surface area (Å²) in [5, 5.41) is 11.9. The van der Waals surface area contributed by atoms with E-state index in [4.69, 9.17) is 47.4 Å². The summed E-state index contributed by atoms with van der Waals surface area (Å²) in [6, 6.07) is 63.2. The third-order valence-electron chi connectivity index (χ3n) is 12.6. The Balaban J connectivity index is 1.07. The van der Waals surface area contributed by atoms with E-state index in [1.54, 1.807) is 66.7 Å². The van der Waals surface area contributed by atoms with Gasteiger partial charge in [-0.2, -0.15) is 0 Å². The third-order valence-corrected chi connectivity index (χ3v) is 12.6. The number of carbonyl (C=O) groups is 3. The second-order valence-corrected chi connectivity index (χ2v) is 17.9. The van der Waals surface area contributed by atoms with Crippen molar-refractivity contribution >= 4 is 17.9 Å². The summed E-state index contributed by atoms with van der Waals surface area (Å²) >= 11 is 0. The molecule has 7 aromatic rings. The standard InChI is InChI=1S/C61H58O14/c62-57(46-30-16-5-17-31-46)73-52-50(71-60(65)55(75-59(64)48-34-20-7-21-35-48)54(52)74-58(63)47-32-18-6-19-33-47)41-70-61-56(69-39-45-28-14-4-15-29-45)53(68-38-44-26-12-3-13-27-44)51(67-37-43-24-10-2-11-25-43)49(72-61)40-66-36-42-22-8-1-9-23-42/h1-35,49-56,60-61,65H,36-41H2/t49-,50-,51-,52-,53+,54+,55+,56-,60+,61?/m1/s1. The van der Waals surface area contributed by atoms with Gasteiger partial charge in [-0.3, -0.25) is 0 Å². The Morgan fingerprint density at radius 3 is 1.13 bits per heavy atom. The van der Waals surface area contributed by atoms with E-state index in [-0.39, 0.29) is 49.7 Å². The van der Waals surface area contributed by atoms with Gasteiger partial charge in [-0.05, 0) is 58.7 Å². The quantitative estimate of drug-likeness (QED) is 0.0505. The molecule has 0 amide bonds. The molecule has 2 heterocycles. The smallest absolute Gasteiger partial charge is 0.338 e. The lowest BCUT2D eigenvalue weighted by Crippen LogP contribution is -2.64. The van der Waals surface area contributed by atoms with Crippen LogP contribution in [0.5, 0.6) is 0 Å². The van der Waals surface area contributed by atoms with Crippen molar-refractivity contribution in [2.24, 2.45) is 0 Å². The van der Waals surface area contributed by atoms with Crippen LogP contribution in [0.1, 0.15) is 53.3 Å². The summed E-state index contributed by atoms with van der Waals surface area (Å²) in [7, 11) is 0. The van der Waals surface area contributed by atoms with Crippen molar-refractivity contribution in [2.45, 2.75) is 87.8 Å². The first-order chi connectivity index (χ1) is 36.9. The number of esters is 3. The molecule has 386 valence electrons. The second kappa shape index (κ2) is 26.7. The van der Waals surface area contributed by atoms with Gasteiger partial charge in [-0.25, -0.2) is 14.4 Å². The molecule has 1 N–H and O–H groups in total. The Bertz CT molecular complexity index is 2810. The average Bonchev–Trinajstić information content (AvgIpc) is 3.46. The van der Waals surface area contributed by atoms with E-state index < -0.39 is 85.9 Å². The van der Waals surface area contributed by atoms with Crippen molar-refractivity contribution in [1.29, 1.82) is 0 Å². The van der Waals surface area contributed by atoms with Gasteiger partial charge in [0.2, 0.25) is 0 Å². The Hall–Kier alpha value is -7.37. The third kappa shape index (κ3) is 14.5.